The standard InChI is InChI=1S/C13H15N3O3/c1-7-6-16(8-3-2-4-8)12-10(11(7)17)15-9(5-14-12)13(18)19/h5,7-8H,2-4,6H2,1H3,(H,18,19). The van der Waals surface area contributed by atoms with Crippen molar-refractivity contribution in [3.8, 4) is 0 Å². The number of aromatic nitrogens is 2. The van der Waals surface area contributed by atoms with Crippen LogP contribution in [0.15, 0.2) is 6.20 Å². The molecule has 1 aliphatic heterocycles. The molecular formula is C13H15N3O3. The molecule has 2 heterocycles. The van der Waals surface area contributed by atoms with E-state index in [0.717, 1.165) is 12.8 Å². The molecule has 0 amide bonds. The van der Waals surface area contributed by atoms with Crippen LogP contribution in [0.3, 0.4) is 0 Å². The summed E-state index contributed by atoms with van der Waals surface area (Å²) in [6.45, 7) is 2.50. The predicted molar refractivity (Wildman–Crippen MR) is 67.5 cm³/mol. The molecule has 1 aromatic heterocycles. The molecule has 1 N–H and O–H groups in total. The van der Waals surface area contributed by atoms with Crippen LogP contribution in [0.5, 0.6) is 0 Å². The minimum Gasteiger partial charge on any atom is -0.476 e. The Morgan fingerprint density at radius 2 is 2.21 bits per heavy atom. The zero-order valence-electron chi connectivity index (χ0n) is 10.7. The lowest BCUT2D eigenvalue weighted by molar-refractivity contribution is 0.0689. The first-order chi connectivity index (χ1) is 9.08. The van der Waals surface area contributed by atoms with Gasteiger partial charge in [0.15, 0.2) is 17.3 Å². The molecule has 0 aromatic carbocycles. The van der Waals surface area contributed by atoms with Crippen molar-refractivity contribution in [1.82, 2.24) is 9.97 Å². The molecule has 1 atom stereocenters. The number of anilines is 1. The van der Waals surface area contributed by atoms with Crippen molar-refractivity contribution >= 4 is 17.6 Å². The lowest BCUT2D eigenvalue weighted by Gasteiger charge is -2.42. The summed E-state index contributed by atoms with van der Waals surface area (Å²) in [6, 6.07) is 0.416. The SMILES string of the molecule is CC1CN(C2CCC2)c2ncc(C(=O)O)nc2C1=O. The number of aromatic carboxylic acids is 1. The molecule has 0 radical (unpaired) electrons. The van der Waals surface area contributed by atoms with E-state index >= 15 is 0 Å². The summed E-state index contributed by atoms with van der Waals surface area (Å²) in [6.07, 6.45) is 4.63. The number of carbonyl (C=O) groups is 2. The fraction of sp³-hybridized carbons (Fsp3) is 0.538. The van der Waals surface area contributed by atoms with E-state index in [4.69, 9.17) is 5.11 Å². The number of rotatable bonds is 2. The van der Waals surface area contributed by atoms with Crippen LogP contribution in [-0.2, 0) is 0 Å². The summed E-state index contributed by atoms with van der Waals surface area (Å²) in [5.74, 6) is -0.873. The Balaban J connectivity index is 2.05. The third kappa shape index (κ3) is 1.87. The number of hydrogen-bond donors (Lipinski definition) is 1. The van der Waals surface area contributed by atoms with Crippen molar-refractivity contribution in [2.45, 2.75) is 32.2 Å². The smallest absolute Gasteiger partial charge is 0.356 e. The predicted octanol–water partition coefficient (Wildman–Crippen LogP) is 1.37. The largest absolute Gasteiger partial charge is 0.476 e. The maximum atomic E-state index is 12.1. The van der Waals surface area contributed by atoms with Gasteiger partial charge in [-0.2, -0.15) is 0 Å². The highest BCUT2D eigenvalue weighted by Gasteiger charge is 2.37. The molecule has 1 fully saturated rings. The molecule has 19 heavy (non-hydrogen) atoms. The first-order valence-corrected chi connectivity index (χ1v) is 6.49. The second-order valence-electron chi connectivity index (χ2n) is 5.23. The second-order valence-corrected chi connectivity index (χ2v) is 5.23. The number of hydrogen-bond acceptors (Lipinski definition) is 5. The fourth-order valence-electron chi connectivity index (χ4n) is 2.58. The maximum Gasteiger partial charge on any atom is 0.356 e. The van der Waals surface area contributed by atoms with Crippen LogP contribution in [0.2, 0.25) is 0 Å². The van der Waals surface area contributed by atoms with Gasteiger partial charge in [0.2, 0.25) is 0 Å². The van der Waals surface area contributed by atoms with E-state index < -0.39 is 5.97 Å². The van der Waals surface area contributed by atoms with Gasteiger partial charge in [-0.3, -0.25) is 4.79 Å². The molecule has 1 aliphatic carbocycles. The molecule has 0 bridgehead atoms. The zero-order valence-corrected chi connectivity index (χ0v) is 10.7. The Hall–Kier alpha value is -1.98. The van der Waals surface area contributed by atoms with Crippen LogP contribution in [0, 0.1) is 5.92 Å². The highest BCUT2D eigenvalue weighted by atomic mass is 16.4. The van der Waals surface area contributed by atoms with Crippen LogP contribution in [0.4, 0.5) is 5.82 Å². The number of Topliss-reactive ketones (excluding diaryl/α,β-unsaturated/α-hetero) is 1. The van der Waals surface area contributed by atoms with E-state index in [2.05, 4.69) is 14.9 Å². The Morgan fingerprint density at radius 3 is 2.79 bits per heavy atom. The van der Waals surface area contributed by atoms with E-state index in [9.17, 15) is 9.59 Å². The molecule has 0 spiro atoms. The molecule has 1 aromatic rings. The van der Waals surface area contributed by atoms with Gasteiger partial charge in [0, 0.05) is 18.5 Å². The van der Waals surface area contributed by atoms with Crippen LogP contribution in [-0.4, -0.2) is 39.4 Å². The summed E-state index contributed by atoms with van der Waals surface area (Å²) >= 11 is 0. The summed E-state index contributed by atoms with van der Waals surface area (Å²) in [7, 11) is 0. The number of carbonyl (C=O) groups excluding carboxylic acids is 1. The van der Waals surface area contributed by atoms with E-state index in [1.54, 1.807) is 0 Å². The third-order valence-electron chi connectivity index (χ3n) is 3.91. The van der Waals surface area contributed by atoms with Crippen molar-refractivity contribution in [3.63, 3.8) is 0 Å². The van der Waals surface area contributed by atoms with Gasteiger partial charge >= 0.3 is 5.97 Å². The summed E-state index contributed by atoms with van der Waals surface area (Å²) in [5, 5.41) is 8.94. The number of carboxylic acid groups (broad SMARTS) is 1. The number of ketones is 1. The van der Waals surface area contributed by atoms with Crippen LogP contribution >= 0.6 is 0 Å². The van der Waals surface area contributed by atoms with Crippen LogP contribution in [0.25, 0.3) is 0 Å². The molecule has 0 saturated heterocycles. The first kappa shape index (κ1) is 12.1. The minimum atomic E-state index is -1.16. The topological polar surface area (TPSA) is 83.4 Å². The Morgan fingerprint density at radius 1 is 1.47 bits per heavy atom. The van der Waals surface area contributed by atoms with Gasteiger partial charge in [0.25, 0.3) is 0 Å². The Bertz CT molecular complexity index is 554. The Labute approximate surface area is 110 Å². The molecule has 2 aliphatic rings. The summed E-state index contributed by atoms with van der Waals surface area (Å²) < 4.78 is 0. The average molecular weight is 261 g/mol. The third-order valence-corrected chi connectivity index (χ3v) is 3.91. The Kier molecular flexibility index (Phi) is 2.73. The highest BCUT2D eigenvalue weighted by Crippen LogP contribution is 2.34. The van der Waals surface area contributed by atoms with E-state index in [1.165, 1.54) is 12.6 Å². The van der Waals surface area contributed by atoms with Crippen molar-refractivity contribution in [3.05, 3.63) is 17.6 Å². The summed E-state index contributed by atoms with van der Waals surface area (Å²) in [4.78, 5) is 33.3. The normalized spacial score (nSPS) is 22.9. The molecular weight excluding hydrogens is 246 g/mol. The van der Waals surface area contributed by atoms with Gasteiger partial charge in [-0.15, -0.1) is 0 Å². The van der Waals surface area contributed by atoms with Gasteiger partial charge in [0.1, 0.15) is 5.69 Å². The highest BCUT2D eigenvalue weighted by molar-refractivity contribution is 6.03. The van der Waals surface area contributed by atoms with Crippen molar-refractivity contribution in [2.24, 2.45) is 5.92 Å². The lowest BCUT2D eigenvalue weighted by atomic mass is 9.88. The molecule has 1 saturated carbocycles. The minimum absolute atomic E-state index is 0.110. The van der Waals surface area contributed by atoms with E-state index in [-0.39, 0.29) is 23.1 Å². The first-order valence-electron chi connectivity index (χ1n) is 6.49. The van der Waals surface area contributed by atoms with Crippen molar-refractivity contribution in [1.29, 1.82) is 0 Å². The maximum absolute atomic E-state index is 12.1. The zero-order chi connectivity index (χ0) is 13.6. The molecule has 1 unspecified atom stereocenters. The van der Waals surface area contributed by atoms with Gasteiger partial charge in [-0.25, -0.2) is 14.8 Å². The molecule has 6 nitrogen and oxygen atoms in total. The number of carboxylic acids is 1. The van der Waals surface area contributed by atoms with Crippen molar-refractivity contribution < 1.29 is 14.7 Å². The number of fused-ring (bicyclic) bond motifs is 1. The van der Waals surface area contributed by atoms with Crippen molar-refractivity contribution in [2.75, 3.05) is 11.4 Å². The quantitative estimate of drug-likeness (QED) is 0.865. The molecule has 6 heteroatoms. The number of nitrogens with zero attached hydrogens (tertiary/aromatic N) is 3. The second kappa shape index (κ2) is 4.29. The van der Waals surface area contributed by atoms with Gasteiger partial charge in [-0.05, 0) is 19.3 Å². The fourth-order valence-corrected chi connectivity index (χ4v) is 2.58. The van der Waals surface area contributed by atoms with E-state index in [0.29, 0.717) is 18.4 Å². The van der Waals surface area contributed by atoms with Gasteiger partial charge in [-0.1, -0.05) is 6.92 Å². The van der Waals surface area contributed by atoms with Crippen LogP contribution in [0.1, 0.15) is 47.2 Å². The molecule has 100 valence electrons. The summed E-state index contributed by atoms with van der Waals surface area (Å²) in [5.41, 5.74) is 0.0420. The monoisotopic (exact) mass is 261 g/mol. The van der Waals surface area contributed by atoms with Crippen LogP contribution < -0.4 is 4.90 Å². The van der Waals surface area contributed by atoms with Gasteiger partial charge < -0.3 is 10.0 Å². The molecule has 3 rings (SSSR count). The van der Waals surface area contributed by atoms with E-state index in [1.807, 2.05) is 6.92 Å². The average Bonchev–Trinajstić information content (AvgIpc) is 2.32. The van der Waals surface area contributed by atoms with Gasteiger partial charge in [0.05, 0.1) is 6.20 Å². The lowest BCUT2D eigenvalue weighted by Crippen LogP contribution is -2.48.